The van der Waals surface area contributed by atoms with Crippen molar-refractivity contribution in [1.82, 2.24) is 0 Å². The first kappa shape index (κ1) is 12.9. The zero-order chi connectivity index (χ0) is 12.1. The summed E-state index contributed by atoms with van der Waals surface area (Å²) in [6.45, 7) is 2.88. The lowest BCUT2D eigenvalue weighted by Crippen LogP contribution is -2.45. The molecule has 1 fully saturated rings. The van der Waals surface area contributed by atoms with Gasteiger partial charge >= 0.3 is 11.9 Å². The zero-order valence-corrected chi connectivity index (χ0v) is 9.60. The van der Waals surface area contributed by atoms with Crippen LogP contribution in [0.1, 0.15) is 20.3 Å². The maximum Gasteiger partial charge on any atom is 0.303 e. The highest BCUT2D eigenvalue weighted by molar-refractivity contribution is 5.66. The van der Waals surface area contributed by atoms with Crippen molar-refractivity contribution in [3.63, 3.8) is 0 Å². The molecule has 1 aliphatic rings. The van der Waals surface area contributed by atoms with E-state index >= 15 is 0 Å². The molecule has 0 radical (unpaired) electrons. The standard InChI is InChI=1S/C10H16O6/c1-6(11)15-8-4-9(16-7(2)12)10(13-3)14-5-8/h8-10H,4-5H2,1-3H3/t8-,9+,10+/m1/s1. The Morgan fingerprint density at radius 2 is 1.81 bits per heavy atom. The summed E-state index contributed by atoms with van der Waals surface area (Å²) in [4.78, 5) is 21.6. The molecule has 0 aliphatic carbocycles. The second-order valence-corrected chi connectivity index (χ2v) is 3.55. The van der Waals surface area contributed by atoms with Gasteiger partial charge < -0.3 is 18.9 Å². The van der Waals surface area contributed by atoms with Crippen LogP contribution in [0, 0.1) is 0 Å². The molecule has 0 aromatic heterocycles. The van der Waals surface area contributed by atoms with Gasteiger partial charge in [-0.25, -0.2) is 0 Å². The molecule has 0 saturated carbocycles. The Morgan fingerprint density at radius 3 is 2.31 bits per heavy atom. The van der Waals surface area contributed by atoms with Gasteiger partial charge in [0.05, 0.1) is 6.61 Å². The van der Waals surface area contributed by atoms with Gasteiger partial charge in [0.15, 0.2) is 12.4 Å². The van der Waals surface area contributed by atoms with Crippen molar-refractivity contribution in [3.8, 4) is 0 Å². The molecule has 3 atom stereocenters. The maximum absolute atomic E-state index is 10.9. The van der Waals surface area contributed by atoms with E-state index < -0.39 is 24.5 Å². The predicted octanol–water partition coefficient (Wildman–Crippen LogP) is 0.243. The first-order valence-corrected chi connectivity index (χ1v) is 5.01. The third-order valence-corrected chi connectivity index (χ3v) is 2.13. The zero-order valence-electron chi connectivity index (χ0n) is 9.60. The van der Waals surface area contributed by atoms with E-state index in [0.29, 0.717) is 6.42 Å². The minimum atomic E-state index is -0.601. The lowest BCUT2D eigenvalue weighted by molar-refractivity contribution is -0.238. The minimum Gasteiger partial charge on any atom is -0.460 e. The fraction of sp³-hybridized carbons (Fsp3) is 0.800. The van der Waals surface area contributed by atoms with Crippen molar-refractivity contribution in [1.29, 1.82) is 0 Å². The first-order chi connectivity index (χ1) is 7.52. The van der Waals surface area contributed by atoms with Gasteiger partial charge in [0.2, 0.25) is 0 Å². The summed E-state index contributed by atoms with van der Waals surface area (Å²) in [5.74, 6) is -0.801. The molecule has 6 heteroatoms. The highest BCUT2D eigenvalue weighted by Crippen LogP contribution is 2.20. The van der Waals surface area contributed by atoms with Gasteiger partial charge in [-0.1, -0.05) is 0 Å². The van der Waals surface area contributed by atoms with Crippen molar-refractivity contribution < 1.29 is 28.5 Å². The molecule has 6 nitrogen and oxygen atoms in total. The van der Waals surface area contributed by atoms with Crippen LogP contribution in [0.3, 0.4) is 0 Å². The van der Waals surface area contributed by atoms with E-state index in [9.17, 15) is 9.59 Å². The summed E-state index contributed by atoms with van der Waals surface area (Å²) in [5, 5.41) is 0. The van der Waals surface area contributed by atoms with Gasteiger partial charge in [-0.05, 0) is 0 Å². The second kappa shape index (κ2) is 5.81. The van der Waals surface area contributed by atoms with Crippen LogP contribution in [0.25, 0.3) is 0 Å². The number of esters is 2. The number of carbonyl (C=O) groups excluding carboxylic acids is 2. The number of rotatable bonds is 3. The molecule has 0 N–H and O–H groups in total. The smallest absolute Gasteiger partial charge is 0.303 e. The quantitative estimate of drug-likeness (QED) is 0.649. The van der Waals surface area contributed by atoms with Crippen LogP contribution in [-0.4, -0.2) is 44.2 Å². The molecule has 0 aromatic rings. The average molecular weight is 232 g/mol. The number of carbonyl (C=O) groups is 2. The second-order valence-electron chi connectivity index (χ2n) is 3.55. The van der Waals surface area contributed by atoms with Gasteiger partial charge in [0.1, 0.15) is 6.10 Å². The summed E-state index contributed by atoms with van der Waals surface area (Å²) in [6.07, 6.45) is -1.15. The van der Waals surface area contributed by atoms with Crippen molar-refractivity contribution in [2.75, 3.05) is 13.7 Å². The third kappa shape index (κ3) is 3.79. The van der Waals surface area contributed by atoms with Crippen LogP contribution in [0.5, 0.6) is 0 Å². The lowest BCUT2D eigenvalue weighted by Gasteiger charge is -2.33. The van der Waals surface area contributed by atoms with Crippen LogP contribution in [0.15, 0.2) is 0 Å². The maximum atomic E-state index is 10.9. The Kier molecular flexibility index (Phi) is 4.70. The van der Waals surface area contributed by atoms with Gasteiger partial charge in [-0.3, -0.25) is 9.59 Å². The van der Waals surface area contributed by atoms with E-state index in [1.165, 1.54) is 21.0 Å². The molecule has 0 unspecified atom stereocenters. The van der Waals surface area contributed by atoms with Gasteiger partial charge in [-0.15, -0.1) is 0 Å². The Balaban J connectivity index is 2.54. The molecule has 0 aromatic carbocycles. The van der Waals surface area contributed by atoms with Crippen LogP contribution < -0.4 is 0 Å². The first-order valence-electron chi connectivity index (χ1n) is 5.01. The topological polar surface area (TPSA) is 71.1 Å². The van der Waals surface area contributed by atoms with Crippen LogP contribution in [0.2, 0.25) is 0 Å². The highest BCUT2D eigenvalue weighted by Gasteiger charge is 2.35. The lowest BCUT2D eigenvalue weighted by atomic mass is 10.1. The van der Waals surface area contributed by atoms with E-state index in [1.54, 1.807) is 0 Å². The molecular formula is C10H16O6. The summed E-state index contributed by atoms with van der Waals surface area (Å²) in [6, 6.07) is 0. The molecule has 92 valence electrons. The summed E-state index contributed by atoms with van der Waals surface area (Å²) < 4.78 is 20.3. The van der Waals surface area contributed by atoms with Crippen molar-refractivity contribution in [2.24, 2.45) is 0 Å². The normalized spacial score (nSPS) is 29.6. The fourth-order valence-electron chi connectivity index (χ4n) is 1.60. The number of ether oxygens (including phenoxy) is 4. The minimum absolute atomic E-state index is 0.246. The van der Waals surface area contributed by atoms with Crippen molar-refractivity contribution >= 4 is 11.9 Å². The van der Waals surface area contributed by atoms with E-state index in [0.717, 1.165) is 0 Å². The Morgan fingerprint density at radius 1 is 1.19 bits per heavy atom. The molecule has 1 rings (SSSR count). The molecule has 1 aliphatic heterocycles. The number of methoxy groups -OCH3 is 1. The van der Waals surface area contributed by atoms with Crippen LogP contribution in [0.4, 0.5) is 0 Å². The molecule has 16 heavy (non-hydrogen) atoms. The van der Waals surface area contributed by atoms with Crippen molar-refractivity contribution in [2.45, 2.75) is 38.8 Å². The van der Waals surface area contributed by atoms with Crippen molar-refractivity contribution in [3.05, 3.63) is 0 Å². The number of hydrogen-bond acceptors (Lipinski definition) is 6. The largest absolute Gasteiger partial charge is 0.460 e. The molecule has 0 amide bonds. The van der Waals surface area contributed by atoms with E-state index in [1.807, 2.05) is 0 Å². The van der Waals surface area contributed by atoms with Gasteiger partial charge in [0.25, 0.3) is 0 Å². The molecule has 0 bridgehead atoms. The number of hydrogen-bond donors (Lipinski definition) is 0. The molecule has 0 spiro atoms. The highest BCUT2D eigenvalue weighted by atomic mass is 16.7. The Labute approximate surface area is 93.8 Å². The summed E-state index contributed by atoms with van der Waals surface area (Å²) >= 11 is 0. The molecule has 1 heterocycles. The van der Waals surface area contributed by atoms with Gasteiger partial charge in [0, 0.05) is 27.4 Å². The Bertz CT molecular complexity index is 264. The van der Waals surface area contributed by atoms with E-state index in [4.69, 9.17) is 18.9 Å². The SMILES string of the molecule is CO[C@H]1OC[C@H](OC(C)=O)C[C@@H]1OC(C)=O. The Hall–Kier alpha value is -1.14. The van der Waals surface area contributed by atoms with E-state index in [-0.39, 0.29) is 12.6 Å². The fourth-order valence-corrected chi connectivity index (χ4v) is 1.60. The average Bonchev–Trinajstić information content (AvgIpc) is 2.16. The molecular weight excluding hydrogens is 216 g/mol. The predicted molar refractivity (Wildman–Crippen MR) is 52.5 cm³/mol. The molecule has 1 saturated heterocycles. The summed E-state index contributed by atoms with van der Waals surface area (Å²) in [5.41, 5.74) is 0. The van der Waals surface area contributed by atoms with Crippen LogP contribution in [-0.2, 0) is 28.5 Å². The monoisotopic (exact) mass is 232 g/mol. The van der Waals surface area contributed by atoms with Crippen LogP contribution >= 0.6 is 0 Å². The summed E-state index contributed by atoms with van der Waals surface area (Å²) in [7, 11) is 1.47. The van der Waals surface area contributed by atoms with E-state index in [2.05, 4.69) is 0 Å². The third-order valence-electron chi connectivity index (χ3n) is 2.13. The van der Waals surface area contributed by atoms with Gasteiger partial charge in [-0.2, -0.15) is 0 Å².